The number of thiazole rings is 1. The van der Waals surface area contributed by atoms with Crippen molar-refractivity contribution in [3.63, 3.8) is 0 Å². The Labute approximate surface area is 135 Å². The number of hydrogen-bond acceptors (Lipinski definition) is 4. The molecule has 1 aromatic carbocycles. The van der Waals surface area contributed by atoms with Gasteiger partial charge in [0.1, 0.15) is 5.82 Å². The number of benzene rings is 1. The molecule has 0 atom stereocenters. The molecule has 0 aliphatic carbocycles. The first-order chi connectivity index (χ1) is 11.2. The maximum atomic E-state index is 13.4. The van der Waals surface area contributed by atoms with Crippen LogP contribution in [0.3, 0.4) is 0 Å². The summed E-state index contributed by atoms with van der Waals surface area (Å²) in [4.78, 5) is 16.7. The van der Waals surface area contributed by atoms with Gasteiger partial charge >= 0.3 is 5.91 Å². The SMILES string of the molecule is CCOCCn1c(=NC(=O)c2ccco2)sc2cc(F)ccc21. The molecule has 2 aromatic heterocycles. The summed E-state index contributed by atoms with van der Waals surface area (Å²) >= 11 is 1.26. The minimum Gasteiger partial charge on any atom is -0.459 e. The highest BCUT2D eigenvalue weighted by atomic mass is 32.1. The molecule has 2 heterocycles. The first-order valence-corrected chi connectivity index (χ1v) is 8.00. The van der Waals surface area contributed by atoms with Crippen molar-refractivity contribution in [2.75, 3.05) is 13.2 Å². The molecule has 0 saturated carbocycles. The van der Waals surface area contributed by atoms with Gasteiger partial charge in [-0.25, -0.2) is 4.39 Å². The van der Waals surface area contributed by atoms with Gasteiger partial charge in [-0.2, -0.15) is 4.99 Å². The molecule has 5 nitrogen and oxygen atoms in total. The molecule has 0 bridgehead atoms. The number of aromatic nitrogens is 1. The molecular weight excluding hydrogens is 319 g/mol. The number of amides is 1. The number of furan rings is 1. The zero-order valence-corrected chi connectivity index (χ0v) is 13.3. The lowest BCUT2D eigenvalue weighted by atomic mass is 10.3. The predicted molar refractivity (Wildman–Crippen MR) is 84.9 cm³/mol. The van der Waals surface area contributed by atoms with E-state index >= 15 is 0 Å². The summed E-state index contributed by atoms with van der Waals surface area (Å²) in [5.74, 6) is -0.614. The lowest BCUT2D eigenvalue weighted by Crippen LogP contribution is -2.19. The van der Waals surface area contributed by atoms with Crippen molar-refractivity contribution in [2.24, 2.45) is 4.99 Å². The van der Waals surface area contributed by atoms with Gasteiger partial charge in [-0.3, -0.25) is 4.79 Å². The number of nitrogens with zero attached hydrogens (tertiary/aromatic N) is 2. The second-order valence-electron chi connectivity index (χ2n) is 4.74. The van der Waals surface area contributed by atoms with Crippen molar-refractivity contribution in [1.29, 1.82) is 0 Å². The first-order valence-electron chi connectivity index (χ1n) is 7.18. The van der Waals surface area contributed by atoms with E-state index < -0.39 is 5.91 Å². The molecule has 7 heteroatoms. The van der Waals surface area contributed by atoms with Gasteiger partial charge in [0, 0.05) is 13.2 Å². The fourth-order valence-corrected chi connectivity index (χ4v) is 3.27. The van der Waals surface area contributed by atoms with Crippen LogP contribution in [0.1, 0.15) is 17.5 Å². The number of hydrogen-bond donors (Lipinski definition) is 0. The van der Waals surface area contributed by atoms with Crippen LogP contribution in [-0.4, -0.2) is 23.7 Å². The lowest BCUT2D eigenvalue weighted by Gasteiger charge is -2.05. The Morgan fingerprint density at radius 1 is 1.43 bits per heavy atom. The highest BCUT2D eigenvalue weighted by Gasteiger charge is 2.11. The molecule has 0 aliphatic heterocycles. The van der Waals surface area contributed by atoms with Crippen LogP contribution in [0.5, 0.6) is 0 Å². The summed E-state index contributed by atoms with van der Waals surface area (Å²) in [6.07, 6.45) is 1.42. The van der Waals surface area contributed by atoms with E-state index in [0.29, 0.717) is 24.6 Å². The van der Waals surface area contributed by atoms with Crippen molar-refractivity contribution in [2.45, 2.75) is 13.5 Å². The molecule has 0 unspecified atom stereocenters. The van der Waals surface area contributed by atoms with Crippen LogP contribution in [0.15, 0.2) is 46.0 Å². The molecule has 0 aliphatic rings. The number of halogens is 1. The van der Waals surface area contributed by atoms with Gasteiger partial charge in [0.05, 0.1) is 23.1 Å². The topological polar surface area (TPSA) is 56.7 Å². The van der Waals surface area contributed by atoms with E-state index in [1.165, 1.54) is 29.7 Å². The fourth-order valence-electron chi connectivity index (χ4n) is 2.19. The van der Waals surface area contributed by atoms with Crippen molar-refractivity contribution in [3.8, 4) is 0 Å². The van der Waals surface area contributed by atoms with Gasteiger partial charge in [0.2, 0.25) is 0 Å². The van der Waals surface area contributed by atoms with E-state index in [2.05, 4.69) is 4.99 Å². The van der Waals surface area contributed by atoms with Crippen LogP contribution in [0, 0.1) is 5.82 Å². The largest absolute Gasteiger partial charge is 0.459 e. The number of carbonyl (C=O) groups excluding carboxylic acids is 1. The molecule has 3 aromatic rings. The minimum absolute atomic E-state index is 0.171. The molecule has 120 valence electrons. The van der Waals surface area contributed by atoms with Crippen LogP contribution in [-0.2, 0) is 11.3 Å². The lowest BCUT2D eigenvalue weighted by molar-refractivity contribution is 0.0970. The molecule has 0 radical (unpaired) electrons. The summed E-state index contributed by atoms with van der Waals surface area (Å²) < 4.78 is 26.5. The second-order valence-corrected chi connectivity index (χ2v) is 5.75. The van der Waals surface area contributed by atoms with E-state index in [1.54, 1.807) is 18.2 Å². The highest BCUT2D eigenvalue weighted by Crippen LogP contribution is 2.18. The molecule has 1 amide bonds. The molecular formula is C16H15FN2O3S. The summed E-state index contributed by atoms with van der Waals surface area (Å²) in [7, 11) is 0. The number of ether oxygens (including phenoxy) is 1. The molecule has 0 spiro atoms. The quantitative estimate of drug-likeness (QED) is 0.673. The van der Waals surface area contributed by atoms with Crippen molar-refractivity contribution in [3.05, 3.63) is 53.0 Å². The third-order valence-corrected chi connectivity index (χ3v) is 4.28. The van der Waals surface area contributed by atoms with E-state index in [1.807, 2.05) is 11.5 Å². The van der Waals surface area contributed by atoms with Crippen LogP contribution < -0.4 is 4.80 Å². The monoisotopic (exact) mass is 334 g/mol. The van der Waals surface area contributed by atoms with Gasteiger partial charge in [0.15, 0.2) is 10.6 Å². The van der Waals surface area contributed by atoms with E-state index in [9.17, 15) is 9.18 Å². The van der Waals surface area contributed by atoms with Crippen LogP contribution in [0.4, 0.5) is 4.39 Å². The van der Waals surface area contributed by atoms with Crippen LogP contribution in [0.25, 0.3) is 10.2 Å². The molecule has 0 fully saturated rings. The number of fused-ring (bicyclic) bond motifs is 1. The minimum atomic E-state index is -0.466. The normalized spacial score (nSPS) is 12.2. The molecule has 0 saturated heterocycles. The maximum Gasteiger partial charge on any atom is 0.315 e. The number of rotatable bonds is 5. The van der Waals surface area contributed by atoms with E-state index in [4.69, 9.17) is 9.15 Å². The summed E-state index contributed by atoms with van der Waals surface area (Å²) in [6, 6.07) is 7.71. The third kappa shape index (κ3) is 3.40. The average molecular weight is 334 g/mol. The summed E-state index contributed by atoms with van der Waals surface area (Å²) in [5.41, 5.74) is 0.821. The number of carbonyl (C=O) groups is 1. The highest BCUT2D eigenvalue weighted by molar-refractivity contribution is 7.16. The van der Waals surface area contributed by atoms with Crippen LogP contribution in [0.2, 0.25) is 0 Å². The standard InChI is InChI=1S/C16H15FN2O3S/c1-2-21-9-7-19-12-6-5-11(17)10-14(12)23-16(19)18-15(20)13-4-3-8-22-13/h3-6,8,10H,2,7,9H2,1H3. The maximum absolute atomic E-state index is 13.4. The van der Waals surface area contributed by atoms with Gasteiger partial charge in [-0.15, -0.1) is 0 Å². The van der Waals surface area contributed by atoms with E-state index in [0.717, 1.165) is 10.2 Å². The molecule has 3 rings (SSSR count). The zero-order valence-electron chi connectivity index (χ0n) is 12.5. The van der Waals surface area contributed by atoms with Gasteiger partial charge in [0.25, 0.3) is 0 Å². The van der Waals surface area contributed by atoms with Crippen molar-refractivity contribution < 1.29 is 18.3 Å². The fraction of sp³-hybridized carbons (Fsp3) is 0.250. The summed E-state index contributed by atoms with van der Waals surface area (Å²) in [5, 5.41) is 0. The Bertz CT molecular complexity index is 881. The molecule has 23 heavy (non-hydrogen) atoms. The Hall–Kier alpha value is -2.25. The van der Waals surface area contributed by atoms with Crippen molar-refractivity contribution >= 4 is 27.5 Å². The smallest absolute Gasteiger partial charge is 0.315 e. The van der Waals surface area contributed by atoms with Gasteiger partial charge in [-0.1, -0.05) is 11.3 Å². The first kappa shape index (κ1) is 15.6. The Morgan fingerprint density at radius 2 is 2.30 bits per heavy atom. The summed E-state index contributed by atoms with van der Waals surface area (Å²) in [6.45, 7) is 3.54. The Balaban J connectivity index is 2.06. The predicted octanol–water partition coefficient (Wildman–Crippen LogP) is 3.21. The van der Waals surface area contributed by atoms with Crippen LogP contribution >= 0.6 is 11.3 Å². The van der Waals surface area contributed by atoms with Gasteiger partial charge < -0.3 is 13.7 Å². The van der Waals surface area contributed by atoms with Crippen molar-refractivity contribution in [1.82, 2.24) is 4.57 Å². The second kappa shape index (κ2) is 6.89. The third-order valence-electron chi connectivity index (χ3n) is 3.24. The average Bonchev–Trinajstić information content (AvgIpc) is 3.16. The zero-order chi connectivity index (χ0) is 16.2. The van der Waals surface area contributed by atoms with Gasteiger partial charge in [-0.05, 0) is 37.3 Å². The van der Waals surface area contributed by atoms with E-state index in [-0.39, 0.29) is 11.6 Å². The molecule has 0 N–H and O–H groups in total. The Kier molecular flexibility index (Phi) is 4.68. The Morgan fingerprint density at radius 3 is 3.04 bits per heavy atom.